The number of hydrogen-bond donors (Lipinski definition) is 1. The van der Waals surface area contributed by atoms with Crippen LogP contribution in [0.2, 0.25) is 0 Å². The molecule has 0 bridgehead atoms. The SMILES string of the molecule is CC.NCC1=CCCC=C1. The predicted molar refractivity (Wildman–Crippen MR) is 46.9 cm³/mol. The van der Waals surface area contributed by atoms with Crippen LogP contribution in [0.5, 0.6) is 0 Å². The molecule has 1 nitrogen and oxygen atoms in total. The van der Waals surface area contributed by atoms with Crippen molar-refractivity contribution < 1.29 is 0 Å². The normalized spacial score (nSPS) is 15.3. The van der Waals surface area contributed by atoms with Crippen molar-refractivity contribution >= 4 is 0 Å². The Morgan fingerprint density at radius 2 is 2.10 bits per heavy atom. The third kappa shape index (κ3) is 3.46. The minimum Gasteiger partial charge on any atom is -0.327 e. The van der Waals surface area contributed by atoms with Crippen LogP contribution in [0.4, 0.5) is 0 Å². The summed E-state index contributed by atoms with van der Waals surface area (Å²) in [5.74, 6) is 0. The van der Waals surface area contributed by atoms with Crippen LogP contribution >= 0.6 is 0 Å². The van der Waals surface area contributed by atoms with Crippen molar-refractivity contribution in [2.75, 3.05) is 6.54 Å². The van der Waals surface area contributed by atoms with E-state index < -0.39 is 0 Å². The van der Waals surface area contributed by atoms with E-state index in [1.165, 1.54) is 18.4 Å². The van der Waals surface area contributed by atoms with E-state index in [4.69, 9.17) is 5.73 Å². The first-order chi connectivity index (χ1) is 4.93. The third-order valence-corrected chi connectivity index (χ3v) is 1.31. The molecular weight excluding hydrogens is 122 g/mol. The van der Waals surface area contributed by atoms with Gasteiger partial charge in [0.1, 0.15) is 0 Å². The molecule has 0 saturated carbocycles. The van der Waals surface area contributed by atoms with E-state index in [0.29, 0.717) is 6.54 Å². The van der Waals surface area contributed by atoms with Crippen molar-refractivity contribution in [1.82, 2.24) is 0 Å². The third-order valence-electron chi connectivity index (χ3n) is 1.31. The molecule has 0 aromatic rings. The summed E-state index contributed by atoms with van der Waals surface area (Å²) >= 11 is 0. The van der Waals surface area contributed by atoms with Gasteiger partial charge in [-0.1, -0.05) is 32.1 Å². The van der Waals surface area contributed by atoms with E-state index in [2.05, 4.69) is 18.2 Å². The quantitative estimate of drug-likeness (QED) is 0.592. The molecule has 0 unspecified atom stereocenters. The molecule has 0 fully saturated rings. The van der Waals surface area contributed by atoms with Gasteiger partial charge in [0.2, 0.25) is 0 Å². The lowest BCUT2D eigenvalue weighted by Crippen LogP contribution is -2.01. The molecule has 0 aliphatic heterocycles. The van der Waals surface area contributed by atoms with Gasteiger partial charge in [0.15, 0.2) is 0 Å². The Balaban J connectivity index is 0.000000371. The van der Waals surface area contributed by atoms with Crippen LogP contribution < -0.4 is 5.73 Å². The molecule has 0 radical (unpaired) electrons. The molecule has 10 heavy (non-hydrogen) atoms. The second kappa shape index (κ2) is 6.56. The minimum absolute atomic E-state index is 0.691. The highest BCUT2D eigenvalue weighted by molar-refractivity contribution is 5.22. The Morgan fingerprint density at radius 3 is 2.40 bits per heavy atom. The lowest BCUT2D eigenvalue weighted by molar-refractivity contribution is 0.995. The van der Waals surface area contributed by atoms with Crippen LogP contribution in [0.15, 0.2) is 23.8 Å². The van der Waals surface area contributed by atoms with Crippen LogP contribution in [0.25, 0.3) is 0 Å². The highest BCUT2D eigenvalue weighted by Crippen LogP contribution is 2.06. The van der Waals surface area contributed by atoms with E-state index in [1.54, 1.807) is 0 Å². The second-order valence-electron chi connectivity index (χ2n) is 1.96. The Labute approximate surface area is 63.6 Å². The van der Waals surface area contributed by atoms with Crippen LogP contribution in [-0.4, -0.2) is 6.54 Å². The van der Waals surface area contributed by atoms with Gasteiger partial charge in [-0.05, 0) is 18.4 Å². The van der Waals surface area contributed by atoms with Crippen LogP contribution in [0, 0.1) is 0 Å². The van der Waals surface area contributed by atoms with Gasteiger partial charge in [0.05, 0.1) is 0 Å². The number of nitrogens with two attached hydrogens (primary N) is 1. The molecule has 1 rings (SSSR count). The molecule has 58 valence electrons. The Hall–Kier alpha value is -0.560. The zero-order valence-corrected chi connectivity index (χ0v) is 6.93. The summed E-state index contributed by atoms with van der Waals surface area (Å²) in [6.45, 7) is 4.69. The number of rotatable bonds is 1. The topological polar surface area (TPSA) is 26.0 Å². The standard InChI is InChI=1S/C7H11N.C2H6/c8-6-7-4-2-1-3-5-7;1-2/h2,4-5H,1,3,6,8H2;1-2H3. The van der Waals surface area contributed by atoms with Crippen LogP contribution in [0.3, 0.4) is 0 Å². The van der Waals surface area contributed by atoms with E-state index in [9.17, 15) is 0 Å². The predicted octanol–water partition coefficient (Wildman–Crippen LogP) is 2.25. The minimum atomic E-state index is 0.691. The van der Waals surface area contributed by atoms with E-state index >= 15 is 0 Å². The van der Waals surface area contributed by atoms with Gasteiger partial charge in [0.25, 0.3) is 0 Å². The van der Waals surface area contributed by atoms with Gasteiger partial charge in [-0.15, -0.1) is 0 Å². The van der Waals surface area contributed by atoms with E-state index in [1.807, 2.05) is 13.8 Å². The summed E-state index contributed by atoms with van der Waals surface area (Å²) in [6.07, 6.45) is 8.82. The summed E-state index contributed by atoms with van der Waals surface area (Å²) < 4.78 is 0. The van der Waals surface area contributed by atoms with Gasteiger partial charge in [-0.3, -0.25) is 0 Å². The molecule has 0 saturated heterocycles. The largest absolute Gasteiger partial charge is 0.327 e. The van der Waals surface area contributed by atoms with Gasteiger partial charge in [-0.2, -0.15) is 0 Å². The molecule has 2 N–H and O–H groups in total. The Kier molecular flexibility index (Phi) is 6.19. The molecule has 0 heterocycles. The van der Waals surface area contributed by atoms with Gasteiger partial charge < -0.3 is 5.73 Å². The average molecular weight is 139 g/mol. The molecule has 1 aliphatic carbocycles. The van der Waals surface area contributed by atoms with Crippen molar-refractivity contribution in [2.24, 2.45) is 5.73 Å². The molecule has 1 heteroatoms. The lowest BCUT2D eigenvalue weighted by Gasteiger charge is -2.01. The van der Waals surface area contributed by atoms with Gasteiger partial charge in [-0.25, -0.2) is 0 Å². The van der Waals surface area contributed by atoms with Crippen molar-refractivity contribution in [3.05, 3.63) is 23.8 Å². The maximum atomic E-state index is 5.38. The van der Waals surface area contributed by atoms with Crippen molar-refractivity contribution in [3.63, 3.8) is 0 Å². The summed E-state index contributed by atoms with van der Waals surface area (Å²) in [5, 5.41) is 0. The highest BCUT2D eigenvalue weighted by Gasteiger charge is 1.91. The molecule has 1 aliphatic rings. The molecular formula is C9H17N. The lowest BCUT2D eigenvalue weighted by atomic mass is 10.1. The maximum absolute atomic E-state index is 5.38. The van der Waals surface area contributed by atoms with E-state index in [-0.39, 0.29) is 0 Å². The smallest absolute Gasteiger partial charge is 0.0174 e. The fourth-order valence-electron chi connectivity index (χ4n) is 0.819. The average Bonchev–Trinajstić information content (AvgIpc) is 2.10. The van der Waals surface area contributed by atoms with Crippen molar-refractivity contribution in [1.29, 1.82) is 0 Å². The van der Waals surface area contributed by atoms with Crippen LogP contribution in [0.1, 0.15) is 26.7 Å². The van der Waals surface area contributed by atoms with Crippen molar-refractivity contribution in [2.45, 2.75) is 26.7 Å². The molecule has 0 amide bonds. The Bertz CT molecular complexity index is 123. The number of hydrogen-bond acceptors (Lipinski definition) is 1. The summed E-state index contributed by atoms with van der Waals surface area (Å²) in [5.41, 5.74) is 6.66. The van der Waals surface area contributed by atoms with Gasteiger partial charge >= 0.3 is 0 Å². The first kappa shape index (κ1) is 9.44. The second-order valence-corrected chi connectivity index (χ2v) is 1.96. The summed E-state index contributed by atoms with van der Waals surface area (Å²) in [7, 11) is 0. The highest BCUT2D eigenvalue weighted by atomic mass is 14.5. The first-order valence-electron chi connectivity index (χ1n) is 3.99. The summed E-state index contributed by atoms with van der Waals surface area (Å²) in [4.78, 5) is 0. The van der Waals surface area contributed by atoms with Crippen LogP contribution in [-0.2, 0) is 0 Å². The molecule has 0 spiro atoms. The van der Waals surface area contributed by atoms with E-state index in [0.717, 1.165) is 0 Å². The van der Waals surface area contributed by atoms with Gasteiger partial charge in [0, 0.05) is 6.54 Å². The fraction of sp³-hybridized carbons (Fsp3) is 0.556. The molecule has 0 atom stereocenters. The zero-order chi connectivity index (χ0) is 7.82. The number of allylic oxidation sites excluding steroid dienone is 2. The summed E-state index contributed by atoms with van der Waals surface area (Å²) in [6, 6.07) is 0. The Morgan fingerprint density at radius 1 is 1.40 bits per heavy atom. The maximum Gasteiger partial charge on any atom is 0.0174 e. The molecule has 0 aromatic heterocycles. The van der Waals surface area contributed by atoms with Crippen molar-refractivity contribution in [3.8, 4) is 0 Å². The zero-order valence-electron chi connectivity index (χ0n) is 6.93. The molecule has 0 aromatic carbocycles. The monoisotopic (exact) mass is 139 g/mol. The fourth-order valence-corrected chi connectivity index (χ4v) is 0.819. The first-order valence-corrected chi connectivity index (χ1v) is 3.99.